The molecule has 2 amide bonds. The normalized spacial score (nSPS) is 33.8. The van der Waals surface area contributed by atoms with E-state index in [0.717, 1.165) is 11.0 Å². The van der Waals surface area contributed by atoms with Crippen LogP contribution in [0.15, 0.2) is 18.2 Å². The SMILES string of the molecule is C.CC(C)(C)O[C@H]1C[C@@]2(C)O[C@]1(C)[C@@H]1C(=O)N(c3ccc(C#N)c(C(F)(F)F)c3)C(=O)[C@@H]12. The lowest BCUT2D eigenvalue weighted by molar-refractivity contribution is -0.151. The van der Waals surface area contributed by atoms with Crippen LogP contribution < -0.4 is 4.90 Å². The van der Waals surface area contributed by atoms with Crippen molar-refractivity contribution >= 4 is 17.5 Å². The Hall–Kier alpha value is -2.44. The van der Waals surface area contributed by atoms with Gasteiger partial charge in [-0.1, -0.05) is 7.43 Å². The highest BCUT2D eigenvalue weighted by molar-refractivity contribution is 6.23. The molecule has 0 aromatic heterocycles. The van der Waals surface area contributed by atoms with E-state index in [1.807, 2.05) is 20.8 Å². The topological polar surface area (TPSA) is 79.6 Å². The Bertz CT molecular complexity index is 1030. The van der Waals surface area contributed by atoms with Crippen LogP contribution in [0.4, 0.5) is 18.9 Å². The van der Waals surface area contributed by atoms with Crippen LogP contribution >= 0.6 is 0 Å². The summed E-state index contributed by atoms with van der Waals surface area (Å²) in [5.41, 5.74) is -4.50. The number of rotatable bonds is 2. The lowest BCUT2D eigenvalue weighted by Crippen LogP contribution is -2.52. The maximum atomic E-state index is 13.4. The first-order valence-corrected chi connectivity index (χ1v) is 9.99. The number of fused-ring (bicyclic) bond motifs is 5. The minimum Gasteiger partial charge on any atom is -0.370 e. The van der Waals surface area contributed by atoms with Crippen LogP contribution in [0, 0.1) is 23.2 Å². The average molecular weight is 452 g/mol. The first kappa shape index (κ1) is 24.2. The molecule has 0 radical (unpaired) electrons. The monoisotopic (exact) mass is 452 g/mol. The van der Waals surface area contributed by atoms with E-state index >= 15 is 0 Å². The third-order valence-electron chi connectivity index (χ3n) is 6.45. The van der Waals surface area contributed by atoms with E-state index < -0.39 is 63.9 Å². The lowest BCUT2D eigenvalue weighted by atomic mass is 9.67. The molecule has 0 N–H and O–H groups in total. The van der Waals surface area contributed by atoms with Crippen LogP contribution in [0.5, 0.6) is 0 Å². The van der Waals surface area contributed by atoms with E-state index in [1.54, 1.807) is 13.8 Å². The summed E-state index contributed by atoms with van der Waals surface area (Å²) in [4.78, 5) is 27.5. The van der Waals surface area contributed by atoms with Gasteiger partial charge in [-0.25, -0.2) is 4.90 Å². The molecule has 4 rings (SSSR count). The van der Waals surface area contributed by atoms with Crippen molar-refractivity contribution in [3.8, 4) is 6.07 Å². The molecule has 3 aliphatic rings. The highest BCUT2D eigenvalue weighted by atomic mass is 19.4. The largest absolute Gasteiger partial charge is 0.417 e. The number of amides is 2. The van der Waals surface area contributed by atoms with Crippen molar-refractivity contribution in [2.45, 2.75) is 77.5 Å². The van der Waals surface area contributed by atoms with Gasteiger partial charge in [0.15, 0.2) is 0 Å². The summed E-state index contributed by atoms with van der Waals surface area (Å²) in [6.45, 7) is 9.12. The summed E-state index contributed by atoms with van der Waals surface area (Å²) in [6.07, 6.45) is -4.84. The zero-order valence-corrected chi connectivity index (χ0v) is 17.8. The number of alkyl halides is 3. The molecular weight excluding hydrogens is 425 g/mol. The Morgan fingerprint density at radius 3 is 2.28 bits per heavy atom. The molecular formula is C23H27F3N2O4. The molecule has 5 atom stereocenters. The molecule has 0 aliphatic carbocycles. The van der Waals surface area contributed by atoms with E-state index in [-0.39, 0.29) is 13.1 Å². The van der Waals surface area contributed by atoms with Crippen molar-refractivity contribution in [3.05, 3.63) is 29.3 Å². The molecule has 6 nitrogen and oxygen atoms in total. The van der Waals surface area contributed by atoms with Crippen molar-refractivity contribution in [3.63, 3.8) is 0 Å². The molecule has 3 heterocycles. The Balaban J connectivity index is 0.00000289. The fraction of sp³-hybridized carbons (Fsp3) is 0.609. The van der Waals surface area contributed by atoms with Gasteiger partial charge in [0.05, 0.1) is 52.0 Å². The number of hydrogen-bond acceptors (Lipinski definition) is 5. The third-order valence-corrected chi connectivity index (χ3v) is 6.45. The maximum absolute atomic E-state index is 13.4. The molecule has 9 heteroatoms. The van der Waals surface area contributed by atoms with Crippen molar-refractivity contribution in [1.82, 2.24) is 0 Å². The minimum atomic E-state index is -4.80. The second-order valence-corrected chi connectivity index (χ2v) is 9.83. The molecule has 174 valence electrons. The number of nitriles is 1. The van der Waals surface area contributed by atoms with Crippen molar-refractivity contribution in [1.29, 1.82) is 5.26 Å². The van der Waals surface area contributed by atoms with E-state index in [9.17, 15) is 22.8 Å². The number of hydrogen-bond donors (Lipinski definition) is 0. The van der Waals surface area contributed by atoms with Crippen molar-refractivity contribution < 1.29 is 32.2 Å². The Morgan fingerprint density at radius 2 is 1.75 bits per heavy atom. The summed E-state index contributed by atoms with van der Waals surface area (Å²) in [5, 5.41) is 9.01. The van der Waals surface area contributed by atoms with Crippen LogP contribution in [0.25, 0.3) is 0 Å². The van der Waals surface area contributed by atoms with Gasteiger partial charge in [0.2, 0.25) is 11.8 Å². The van der Waals surface area contributed by atoms with Gasteiger partial charge < -0.3 is 9.47 Å². The average Bonchev–Trinajstić information content (AvgIpc) is 3.13. The Kier molecular flexibility index (Phi) is 5.32. The maximum Gasteiger partial charge on any atom is 0.417 e. The second-order valence-electron chi connectivity index (χ2n) is 9.83. The van der Waals surface area contributed by atoms with Gasteiger partial charge in [0.25, 0.3) is 0 Å². The molecule has 0 spiro atoms. The lowest BCUT2D eigenvalue weighted by Gasteiger charge is -2.38. The fourth-order valence-electron chi connectivity index (χ4n) is 5.34. The Morgan fingerprint density at radius 1 is 1.16 bits per heavy atom. The second kappa shape index (κ2) is 7.03. The smallest absolute Gasteiger partial charge is 0.370 e. The van der Waals surface area contributed by atoms with Crippen molar-refractivity contribution in [2.24, 2.45) is 11.8 Å². The number of ether oxygens (including phenoxy) is 2. The highest BCUT2D eigenvalue weighted by Crippen LogP contribution is 2.62. The number of carbonyl (C=O) groups is 2. The summed E-state index contributed by atoms with van der Waals surface area (Å²) in [7, 11) is 0. The number of benzene rings is 1. The standard InChI is InChI=1S/C22H23F3N2O4.CH4/c1-19(2,3)30-14-9-20(4)15-16(21(14,5)31-20)18(29)27(17(15)28)12-7-6-11(10-26)13(8-12)22(23,24)25;/h6-8,14-16H,9H2,1-5H3;1H4/t14-,15+,16-,20+,21-;/m0./s1. The highest BCUT2D eigenvalue weighted by Gasteiger charge is 2.76. The molecule has 0 saturated carbocycles. The van der Waals surface area contributed by atoms with Gasteiger partial charge in [0, 0.05) is 6.42 Å². The van der Waals surface area contributed by atoms with E-state index in [4.69, 9.17) is 14.7 Å². The zero-order chi connectivity index (χ0) is 23.1. The quantitative estimate of drug-likeness (QED) is 0.620. The molecule has 3 fully saturated rings. The summed E-state index contributed by atoms with van der Waals surface area (Å²) >= 11 is 0. The number of anilines is 1. The molecule has 0 unspecified atom stereocenters. The number of imide groups is 1. The zero-order valence-electron chi connectivity index (χ0n) is 17.8. The number of nitrogens with zero attached hydrogens (tertiary/aromatic N) is 2. The summed E-state index contributed by atoms with van der Waals surface area (Å²) < 4.78 is 52.6. The van der Waals surface area contributed by atoms with Crippen LogP contribution in [-0.4, -0.2) is 34.7 Å². The van der Waals surface area contributed by atoms with Gasteiger partial charge >= 0.3 is 6.18 Å². The molecule has 32 heavy (non-hydrogen) atoms. The van der Waals surface area contributed by atoms with Crippen LogP contribution in [0.3, 0.4) is 0 Å². The fourth-order valence-corrected chi connectivity index (χ4v) is 5.34. The first-order chi connectivity index (χ1) is 14.1. The van der Waals surface area contributed by atoms with E-state index in [0.29, 0.717) is 12.5 Å². The minimum absolute atomic E-state index is 0. The van der Waals surface area contributed by atoms with Crippen LogP contribution in [-0.2, 0) is 25.2 Å². The molecule has 3 saturated heterocycles. The molecule has 1 aromatic rings. The van der Waals surface area contributed by atoms with E-state index in [2.05, 4.69) is 0 Å². The molecule has 2 bridgehead atoms. The first-order valence-electron chi connectivity index (χ1n) is 9.99. The van der Waals surface area contributed by atoms with Gasteiger partial charge in [-0.2, -0.15) is 18.4 Å². The van der Waals surface area contributed by atoms with Crippen LogP contribution in [0.2, 0.25) is 0 Å². The third kappa shape index (κ3) is 3.32. The Labute approximate surface area is 185 Å². The van der Waals surface area contributed by atoms with Gasteiger partial charge in [-0.3, -0.25) is 9.59 Å². The predicted molar refractivity (Wildman–Crippen MR) is 110 cm³/mol. The molecule has 3 aliphatic heterocycles. The summed E-state index contributed by atoms with van der Waals surface area (Å²) in [5.74, 6) is -2.87. The predicted octanol–water partition coefficient (Wildman–Crippen LogP) is 4.45. The van der Waals surface area contributed by atoms with Crippen LogP contribution in [0.1, 0.15) is 59.6 Å². The van der Waals surface area contributed by atoms with E-state index in [1.165, 1.54) is 12.1 Å². The van der Waals surface area contributed by atoms with Gasteiger partial charge in [0.1, 0.15) is 5.60 Å². The summed E-state index contributed by atoms with van der Waals surface area (Å²) in [6, 6.07) is 4.36. The van der Waals surface area contributed by atoms with Gasteiger partial charge in [-0.15, -0.1) is 0 Å². The molecule has 1 aromatic carbocycles. The van der Waals surface area contributed by atoms with Crippen molar-refractivity contribution in [2.75, 3.05) is 4.90 Å². The van der Waals surface area contributed by atoms with Gasteiger partial charge in [-0.05, 0) is 52.8 Å². The number of carbonyl (C=O) groups excluding carboxylic acids is 2. The number of halogens is 3.